The lowest BCUT2D eigenvalue weighted by Gasteiger charge is -2.06. The molecule has 0 aliphatic heterocycles. The van der Waals surface area contributed by atoms with Gasteiger partial charge in [-0.1, -0.05) is 34.8 Å². The predicted molar refractivity (Wildman–Crippen MR) is 64.1 cm³/mol. The molecule has 1 rings (SSSR count). The monoisotopic (exact) mass is 265 g/mol. The molecule has 0 atom stereocenters. The van der Waals surface area contributed by atoms with E-state index in [0.717, 1.165) is 0 Å². The summed E-state index contributed by atoms with van der Waals surface area (Å²) in [5.74, 6) is -0.105. The van der Waals surface area contributed by atoms with E-state index < -0.39 is 0 Å². The molecule has 0 heterocycles. The maximum absolute atomic E-state index is 11.7. The van der Waals surface area contributed by atoms with Crippen LogP contribution in [0, 0.1) is 0 Å². The number of halogens is 3. The third kappa shape index (κ3) is 3.35. The SMILES string of the molecule is NCCCC(=O)c1c(Cl)cc(Cl)cc1Cl. The Morgan fingerprint density at radius 1 is 1.20 bits per heavy atom. The van der Waals surface area contributed by atoms with Crippen molar-refractivity contribution in [3.63, 3.8) is 0 Å². The van der Waals surface area contributed by atoms with Crippen LogP contribution < -0.4 is 5.73 Å². The molecule has 0 unspecified atom stereocenters. The fourth-order valence-electron chi connectivity index (χ4n) is 1.20. The molecule has 15 heavy (non-hydrogen) atoms. The van der Waals surface area contributed by atoms with Crippen LogP contribution in [0.3, 0.4) is 0 Å². The van der Waals surface area contributed by atoms with Crippen LogP contribution in [0.2, 0.25) is 15.1 Å². The molecule has 1 aromatic rings. The number of hydrogen-bond donors (Lipinski definition) is 1. The van der Waals surface area contributed by atoms with Crippen molar-refractivity contribution >= 4 is 40.6 Å². The summed E-state index contributed by atoms with van der Waals surface area (Å²) in [6, 6.07) is 3.01. The van der Waals surface area contributed by atoms with Crippen molar-refractivity contribution in [2.24, 2.45) is 5.73 Å². The Labute approximate surface area is 103 Å². The molecule has 5 heteroatoms. The van der Waals surface area contributed by atoms with Gasteiger partial charge in [0, 0.05) is 11.4 Å². The topological polar surface area (TPSA) is 43.1 Å². The highest BCUT2D eigenvalue weighted by atomic mass is 35.5. The van der Waals surface area contributed by atoms with E-state index in [0.29, 0.717) is 30.0 Å². The van der Waals surface area contributed by atoms with Crippen LogP contribution in [0.15, 0.2) is 12.1 Å². The third-order valence-corrected chi connectivity index (χ3v) is 2.71. The van der Waals surface area contributed by atoms with E-state index in [9.17, 15) is 4.79 Å². The minimum atomic E-state index is -0.105. The molecule has 2 N–H and O–H groups in total. The maximum atomic E-state index is 11.7. The fourth-order valence-corrected chi connectivity index (χ4v) is 2.22. The van der Waals surface area contributed by atoms with Gasteiger partial charge in [0.1, 0.15) is 0 Å². The molecule has 0 bridgehead atoms. The number of carbonyl (C=O) groups is 1. The highest BCUT2D eigenvalue weighted by Crippen LogP contribution is 2.30. The van der Waals surface area contributed by atoms with E-state index in [-0.39, 0.29) is 15.8 Å². The van der Waals surface area contributed by atoms with E-state index >= 15 is 0 Å². The van der Waals surface area contributed by atoms with Gasteiger partial charge in [0.2, 0.25) is 0 Å². The molecule has 0 saturated heterocycles. The largest absolute Gasteiger partial charge is 0.330 e. The molecule has 0 amide bonds. The van der Waals surface area contributed by atoms with Gasteiger partial charge in [-0.3, -0.25) is 4.79 Å². The van der Waals surface area contributed by atoms with Crippen LogP contribution >= 0.6 is 34.8 Å². The maximum Gasteiger partial charge on any atom is 0.165 e. The van der Waals surface area contributed by atoms with E-state index in [4.69, 9.17) is 40.5 Å². The van der Waals surface area contributed by atoms with Crippen molar-refractivity contribution < 1.29 is 4.79 Å². The fraction of sp³-hybridized carbons (Fsp3) is 0.300. The average Bonchev–Trinajstić information content (AvgIpc) is 2.12. The van der Waals surface area contributed by atoms with Crippen LogP contribution in [0.25, 0.3) is 0 Å². The minimum absolute atomic E-state index is 0.105. The lowest BCUT2D eigenvalue weighted by molar-refractivity contribution is 0.0981. The van der Waals surface area contributed by atoms with Crippen molar-refractivity contribution in [1.82, 2.24) is 0 Å². The van der Waals surface area contributed by atoms with Gasteiger partial charge >= 0.3 is 0 Å². The molecule has 0 fully saturated rings. The second kappa shape index (κ2) is 5.71. The van der Waals surface area contributed by atoms with Gasteiger partial charge in [0.05, 0.1) is 15.6 Å². The molecular weight excluding hydrogens is 256 g/mol. The second-order valence-electron chi connectivity index (χ2n) is 3.06. The van der Waals surface area contributed by atoms with Gasteiger partial charge in [-0.2, -0.15) is 0 Å². The Balaban J connectivity index is 2.98. The standard InChI is InChI=1S/C10H10Cl3NO/c11-6-4-7(12)10(8(13)5-6)9(15)2-1-3-14/h4-5H,1-3,14H2. The van der Waals surface area contributed by atoms with Crippen molar-refractivity contribution in [3.8, 4) is 0 Å². The normalized spacial score (nSPS) is 10.4. The highest BCUT2D eigenvalue weighted by Gasteiger charge is 2.15. The molecule has 0 radical (unpaired) electrons. The average molecular weight is 267 g/mol. The summed E-state index contributed by atoms with van der Waals surface area (Å²) in [5, 5.41) is 0.990. The van der Waals surface area contributed by atoms with Gasteiger partial charge in [-0.05, 0) is 25.1 Å². The van der Waals surface area contributed by atoms with Gasteiger partial charge in [0.15, 0.2) is 5.78 Å². The lowest BCUT2D eigenvalue weighted by atomic mass is 10.1. The van der Waals surface area contributed by atoms with Crippen LogP contribution in [0.5, 0.6) is 0 Å². The van der Waals surface area contributed by atoms with Gasteiger partial charge < -0.3 is 5.73 Å². The quantitative estimate of drug-likeness (QED) is 0.847. The molecule has 2 nitrogen and oxygen atoms in total. The van der Waals surface area contributed by atoms with Gasteiger partial charge in [-0.15, -0.1) is 0 Å². The van der Waals surface area contributed by atoms with Crippen LogP contribution in [0.1, 0.15) is 23.2 Å². The van der Waals surface area contributed by atoms with Crippen molar-refractivity contribution in [1.29, 1.82) is 0 Å². The second-order valence-corrected chi connectivity index (χ2v) is 4.31. The van der Waals surface area contributed by atoms with Crippen LogP contribution in [-0.4, -0.2) is 12.3 Å². The summed E-state index contributed by atoms with van der Waals surface area (Å²) in [5.41, 5.74) is 5.65. The molecule has 0 aliphatic rings. The first kappa shape index (κ1) is 12.8. The van der Waals surface area contributed by atoms with Crippen molar-refractivity contribution in [3.05, 3.63) is 32.8 Å². The first-order valence-electron chi connectivity index (χ1n) is 4.44. The number of carbonyl (C=O) groups excluding carboxylic acids is 1. The zero-order valence-electron chi connectivity index (χ0n) is 7.90. The van der Waals surface area contributed by atoms with E-state index in [1.54, 1.807) is 0 Å². The Bertz CT molecular complexity index is 356. The summed E-state index contributed by atoms with van der Waals surface area (Å²) in [6.07, 6.45) is 0.964. The smallest absolute Gasteiger partial charge is 0.165 e. The first-order valence-corrected chi connectivity index (χ1v) is 5.57. The lowest BCUT2D eigenvalue weighted by Crippen LogP contribution is -2.06. The number of hydrogen-bond acceptors (Lipinski definition) is 2. The van der Waals surface area contributed by atoms with Gasteiger partial charge in [0.25, 0.3) is 0 Å². The zero-order chi connectivity index (χ0) is 11.4. The summed E-state index contributed by atoms with van der Waals surface area (Å²) in [4.78, 5) is 11.7. The Morgan fingerprint density at radius 2 is 1.73 bits per heavy atom. The zero-order valence-corrected chi connectivity index (χ0v) is 10.2. The Kier molecular flexibility index (Phi) is 4.87. The molecule has 1 aromatic carbocycles. The summed E-state index contributed by atoms with van der Waals surface area (Å²) >= 11 is 17.5. The summed E-state index contributed by atoms with van der Waals surface area (Å²) < 4.78 is 0. The van der Waals surface area contributed by atoms with Gasteiger partial charge in [-0.25, -0.2) is 0 Å². The molecule has 0 aromatic heterocycles. The van der Waals surface area contributed by atoms with Crippen LogP contribution in [0.4, 0.5) is 0 Å². The number of rotatable bonds is 4. The molecule has 0 spiro atoms. The number of nitrogens with two attached hydrogens (primary N) is 1. The van der Waals surface area contributed by atoms with E-state index in [2.05, 4.69) is 0 Å². The first-order chi connectivity index (χ1) is 7.06. The third-order valence-electron chi connectivity index (χ3n) is 1.89. The Hall–Kier alpha value is -0.280. The molecular formula is C10H10Cl3NO. The van der Waals surface area contributed by atoms with E-state index in [1.807, 2.05) is 0 Å². The number of Topliss-reactive ketones (excluding diaryl/α,β-unsaturated/α-hetero) is 1. The number of ketones is 1. The summed E-state index contributed by atoms with van der Waals surface area (Å²) in [7, 11) is 0. The molecule has 82 valence electrons. The van der Waals surface area contributed by atoms with E-state index in [1.165, 1.54) is 12.1 Å². The highest BCUT2D eigenvalue weighted by molar-refractivity contribution is 6.42. The molecule has 0 aliphatic carbocycles. The predicted octanol–water partition coefficient (Wildman–Crippen LogP) is 3.57. The Morgan fingerprint density at radius 3 is 2.20 bits per heavy atom. The number of benzene rings is 1. The van der Waals surface area contributed by atoms with Crippen molar-refractivity contribution in [2.45, 2.75) is 12.8 Å². The molecule has 0 saturated carbocycles. The van der Waals surface area contributed by atoms with Crippen LogP contribution in [-0.2, 0) is 0 Å². The van der Waals surface area contributed by atoms with Crippen molar-refractivity contribution in [2.75, 3.05) is 6.54 Å². The minimum Gasteiger partial charge on any atom is -0.330 e. The summed E-state index contributed by atoms with van der Waals surface area (Å²) in [6.45, 7) is 0.467.